The number of carbonyl (C=O) groups excluding carboxylic acids is 2. The van der Waals surface area contributed by atoms with Gasteiger partial charge in [-0.25, -0.2) is 4.52 Å². The van der Waals surface area contributed by atoms with Crippen LogP contribution in [0.3, 0.4) is 0 Å². The molecule has 9 heteroatoms. The third-order valence-corrected chi connectivity index (χ3v) is 7.36. The molecule has 2 amide bonds. The van der Waals surface area contributed by atoms with Crippen LogP contribution in [0.1, 0.15) is 47.3 Å². The van der Waals surface area contributed by atoms with Crippen molar-refractivity contribution in [2.45, 2.75) is 38.5 Å². The van der Waals surface area contributed by atoms with E-state index < -0.39 is 0 Å². The zero-order valence-corrected chi connectivity index (χ0v) is 18.1. The topological polar surface area (TPSA) is 107 Å². The fourth-order valence-corrected chi connectivity index (χ4v) is 5.79. The molecule has 1 saturated heterocycles. The second kappa shape index (κ2) is 7.08. The lowest BCUT2D eigenvalue weighted by molar-refractivity contribution is -0.127. The summed E-state index contributed by atoms with van der Waals surface area (Å²) >= 11 is 0. The minimum Gasteiger partial charge on any atom is -0.359 e. The van der Waals surface area contributed by atoms with Gasteiger partial charge in [-0.15, -0.1) is 0 Å². The van der Waals surface area contributed by atoms with Gasteiger partial charge >= 0.3 is 0 Å². The van der Waals surface area contributed by atoms with Gasteiger partial charge in [0.2, 0.25) is 5.91 Å². The summed E-state index contributed by atoms with van der Waals surface area (Å²) in [6.45, 7) is 1.54. The molecule has 6 rings (SSSR count). The van der Waals surface area contributed by atoms with Crippen molar-refractivity contribution >= 4 is 28.8 Å². The summed E-state index contributed by atoms with van der Waals surface area (Å²) in [5.41, 5.74) is 5.00. The molecule has 3 aromatic rings. The number of aryl methyl sites for hydroxylation is 1. The van der Waals surface area contributed by atoms with Gasteiger partial charge in [0.1, 0.15) is 0 Å². The Morgan fingerprint density at radius 3 is 2.94 bits per heavy atom. The summed E-state index contributed by atoms with van der Waals surface area (Å²) < 4.78 is 1.74. The van der Waals surface area contributed by atoms with Gasteiger partial charge in [-0.2, -0.15) is 10.2 Å². The van der Waals surface area contributed by atoms with E-state index in [0.29, 0.717) is 17.9 Å². The first kappa shape index (κ1) is 19.3. The Bertz CT molecular complexity index is 1210. The van der Waals surface area contributed by atoms with E-state index in [1.165, 1.54) is 11.3 Å². The molecule has 0 unspecified atom stereocenters. The van der Waals surface area contributed by atoms with E-state index in [0.717, 1.165) is 62.2 Å². The van der Waals surface area contributed by atoms with Crippen LogP contribution in [0.25, 0.3) is 5.52 Å². The average molecular weight is 434 g/mol. The number of nitrogens with zero attached hydrogens (tertiary/aromatic N) is 4. The van der Waals surface area contributed by atoms with Crippen molar-refractivity contribution in [1.29, 1.82) is 0 Å². The molecule has 3 aromatic heterocycles. The Kier molecular flexibility index (Phi) is 4.28. The molecule has 4 heterocycles. The molecule has 1 aliphatic heterocycles. The largest absolute Gasteiger partial charge is 0.359 e. The van der Waals surface area contributed by atoms with Crippen LogP contribution < -0.4 is 10.6 Å². The van der Waals surface area contributed by atoms with Crippen LogP contribution in [0.4, 0.5) is 11.5 Å². The summed E-state index contributed by atoms with van der Waals surface area (Å²) in [6.07, 6.45) is 9.42. The van der Waals surface area contributed by atoms with E-state index in [1.807, 2.05) is 23.2 Å². The van der Waals surface area contributed by atoms with Gasteiger partial charge in [-0.05, 0) is 50.2 Å². The number of carbonyl (C=O) groups is 2. The Balaban J connectivity index is 1.15. The number of amides is 2. The number of likely N-dealkylation sites (tertiary alicyclic amines) is 1. The van der Waals surface area contributed by atoms with Crippen LogP contribution in [0.15, 0.2) is 24.5 Å². The smallest absolute Gasteiger partial charge is 0.257 e. The number of hydrogen-bond donors (Lipinski definition) is 3. The summed E-state index contributed by atoms with van der Waals surface area (Å²) in [5.74, 6) is 1.45. The van der Waals surface area contributed by atoms with Gasteiger partial charge in [-0.3, -0.25) is 14.7 Å². The summed E-state index contributed by atoms with van der Waals surface area (Å²) in [5, 5.41) is 18.0. The number of H-pyrrole nitrogens is 1. The lowest BCUT2D eigenvalue weighted by Gasteiger charge is -2.59. The standard InChI is InChI=1S/C23H27N7O2/c1-24-20(31)7-14-9-23(10-14)12-29(13-23)22(32)17-11-25-30-6-5-15(8-19(17)30)26-21-16-3-2-4-18(16)27-28-21/h5-6,8,11,14H,2-4,7,9-10,12-13H2,1H3,(H,24,31)(H2,26,27,28). The maximum absolute atomic E-state index is 13.2. The molecule has 3 N–H and O–H groups in total. The predicted octanol–water partition coefficient (Wildman–Crippen LogP) is 2.28. The predicted molar refractivity (Wildman–Crippen MR) is 119 cm³/mol. The lowest BCUT2D eigenvalue weighted by Crippen LogP contribution is -2.63. The van der Waals surface area contributed by atoms with Gasteiger partial charge in [0.15, 0.2) is 5.82 Å². The van der Waals surface area contributed by atoms with Crippen molar-refractivity contribution < 1.29 is 9.59 Å². The summed E-state index contributed by atoms with van der Waals surface area (Å²) in [7, 11) is 1.68. The maximum Gasteiger partial charge on any atom is 0.257 e. The molecular weight excluding hydrogens is 406 g/mol. The quantitative estimate of drug-likeness (QED) is 0.572. The van der Waals surface area contributed by atoms with E-state index in [9.17, 15) is 9.59 Å². The highest BCUT2D eigenvalue weighted by molar-refractivity contribution is 6.01. The molecule has 2 fully saturated rings. The fourth-order valence-electron chi connectivity index (χ4n) is 5.79. The third-order valence-electron chi connectivity index (χ3n) is 7.36. The van der Waals surface area contributed by atoms with Crippen molar-refractivity contribution in [3.8, 4) is 0 Å². The van der Waals surface area contributed by atoms with Crippen molar-refractivity contribution in [2.75, 3.05) is 25.5 Å². The van der Waals surface area contributed by atoms with Crippen molar-refractivity contribution in [3.63, 3.8) is 0 Å². The number of aromatic amines is 1. The highest BCUT2D eigenvalue weighted by atomic mass is 16.2. The van der Waals surface area contributed by atoms with Gasteiger partial charge in [-0.1, -0.05) is 0 Å². The second-order valence-corrected chi connectivity index (χ2v) is 9.62. The highest BCUT2D eigenvalue weighted by Crippen LogP contribution is 2.53. The number of fused-ring (bicyclic) bond motifs is 2. The molecular formula is C23H27N7O2. The highest BCUT2D eigenvalue weighted by Gasteiger charge is 2.53. The number of aromatic nitrogens is 4. The molecule has 0 aromatic carbocycles. The number of anilines is 2. The first-order chi connectivity index (χ1) is 15.5. The van der Waals surface area contributed by atoms with Crippen LogP contribution in [0.2, 0.25) is 0 Å². The number of hydrogen-bond acceptors (Lipinski definition) is 5. The first-order valence-corrected chi connectivity index (χ1v) is 11.3. The van der Waals surface area contributed by atoms with E-state index in [4.69, 9.17) is 0 Å². The van der Waals surface area contributed by atoms with Crippen molar-refractivity contribution in [2.24, 2.45) is 11.3 Å². The van der Waals surface area contributed by atoms with Crippen LogP contribution in [0, 0.1) is 11.3 Å². The molecule has 1 spiro atoms. The van der Waals surface area contributed by atoms with Crippen LogP contribution in [-0.2, 0) is 17.6 Å². The lowest BCUT2D eigenvalue weighted by atomic mass is 9.57. The van der Waals surface area contributed by atoms with E-state index in [1.54, 1.807) is 17.8 Å². The monoisotopic (exact) mass is 433 g/mol. The van der Waals surface area contributed by atoms with E-state index in [-0.39, 0.29) is 17.2 Å². The van der Waals surface area contributed by atoms with Gasteiger partial charge < -0.3 is 15.5 Å². The summed E-state index contributed by atoms with van der Waals surface area (Å²) in [4.78, 5) is 26.7. The Morgan fingerprint density at radius 2 is 2.12 bits per heavy atom. The van der Waals surface area contributed by atoms with Crippen molar-refractivity contribution in [1.82, 2.24) is 30.0 Å². The Morgan fingerprint density at radius 1 is 1.28 bits per heavy atom. The Labute approximate surface area is 185 Å². The average Bonchev–Trinajstić information content (AvgIpc) is 3.45. The van der Waals surface area contributed by atoms with Gasteiger partial charge in [0.05, 0.1) is 17.3 Å². The summed E-state index contributed by atoms with van der Waals surface area (Å²) in [6, 6.07) is 3.92. The van der Waals surface area contributed by atoms with Crippen LogP contribution in [-0.4, -0.2) is 56.7 Å². The molecule has 166 valence electrons. The number of rotatable bonds is 5. The molecule has 1 saturated carbocycles. The first-order valence-electron chi connectivity index (χ1n) is 11.3. The molecule has 0 atom stereocenters. The second-order valence-electron chi connectivity index (χ2n) is 9.62. The molecule has 0 radical (unpaired) electrons. The number of nitrogens with one attached hydrogen (secondary N) is 3. The zero-order valence-electron chi connectivity index (χ0n) is 18.1. The maximum atomic E-state index is 13.2. The normalized spacial score (nSPS) is 19.0. The Hall–Kier alpha value is -3.36. The minimum absolute atomic E-state index is 0.0261. The minimum atomic E-state index is 0.0261. The van der Waals surface area contributed by atoms with Gasteiger partial charge in [0.25, 0.3) is 5.91 Å². The zero-order chi connectivity index (χ0) is 21.9. The molecule has 9 nitrogen and oxygen atoms in total. The molecule has 32 heavy (non-hydrogen) atoms. The molecule has 0 bridgehead atoms. The van der Waals surface area contributed by atoms with Gasteiger partial charge in [0, 0.05) is 55.1 Å². The van der Waals surface area contributed by atoms with Crippen LogP contribution >= 0.6 is 0 Å². The van der Waals surface area contributed by atoms with E-state index in [2.05, 4.69) is 25.9 Å². The van der Waals surface area contributed by atoms with Crippen LogP contribution in [0.5, 0.6) is 0 Å². The van der Waals surface area contributed by atoms with E-state index >= 15 is 0 Å². The molecule has 2 aliphatic carbocycles. The third kappa shape index (κ3) is 3.06. The fraction of sp³-hybridized carbons (Fsp3) is 0.478. The van der Waals surface area contributed by atoms with Crippen molar-refractivity contribution in [3.05, 3.63) is 41.3 Å². The number of pyridine rings is 1. The molecule has 3 aliphatic rings. The SMILES string of the molecule is CNC(=O)CC1CC2(C1)CN(C(=O)c1cnn3ccc(Nc4n[nH]c5c4CCC5)cc13)C2.